The lowest BCUT2D eigenvalue weighted by molar-refractivity contribution is 0.315. The molecule has 0 aliphatic heterocycles. The Hall–Kier alpha value is -0.820. The van der Waals surface area contributed by atoms with E-state index in [2.05, 4.69) is 42.6 Å². The Labute approximate surface area is 98.3 Å². The zero-order chi connectivity index (χ0) is 11.0. The summed E-state index contributed by atoms with van der Waals surface area (Å²) < 4.78 is 0. The number of hydrogen-bond acceptors (Lipinski definition) is 1. The van der Waals surface area contributed by atoms with Crippen LogP contribution in [-0.4, -0.2) is 12.6 Å². The van der Waals surface area contributed by atoms with Crippen LogP contribution < -0.4 is 5.32 Å². The van der Waals surface area contributed by atoms with Crippen LogP contribution in [0.4, 0.5) is 0 Å². The fourth-order valence-corrected chi connectivity index (χ4v) is 3.98. The van der Waals surface area contributed by atoms with Gasteiger partial charge in [0.25, 0.3) is 0 Å². The summed E-state index contributed by atoms with van der Waals surface area (Å²) in [7, 11) is 0. The van der Waals surface area contributed by atoms with Crippen LogP contribution in [0.15, 0.2) is 30.3 Å². The molecule has 2 aliphatic rings. The number of nitrogens with one attached hydrogen (secondary N) is 1. The first-order chi connectivity index (χ1) is 7.90. The van der Waals surface area contributed by atoms with E-state index >= 15 is 0 Å². The second-order valence-electron chi connectivity index (χ2n) is 5.35. The molecule has 1 aromatic carbocycles. The van der Waals surface area contributed by atoms with Gasteiger partial charge in [0.15, 0.2) is 0 Å². The summed E-state index contributed by atoms with van der Waals surface area (Å²) in [5.74, 6) is 2.66. The third-order valence-corrected chi connectivity index (χ3v) is 4.54. The molecule has 86 valence electrons. The Morgan fingerprint density at radius 1 is 1.12 bits per heavy atom. The van der Waals surface area contributed by atoms with Gasteiger partial charge >= 0.3 is 0 Å². The highest BCUT2D eigenvalue weighted by Crippen LogP contribution is 2.52. The van der Waals surface area contributed by atoms with E-state index in [1.807, 2.05) is 0 Å². The van der Waals surface area contributed by atoms with Crippen molar-refractivity contribution < 1.29 is 0 Å². The maximum atomic E-state index is 3.72. The summed E-state index contributed by atoms with van der Waals surface area (Å²) in [6.45, 7) is 3.34. The fourth-order valence-electron chi connectivity index (χ4n) is 3.98. The first-order valence-corrected chi connectivity index (χ1v) is 6.68. The van der Waals surface area contributed by atoms with E-state index in [4.69, 9.17) is 0 Å². The zero-order valence-electron chi connectivity index (χ0n) is 10.0. The quantitative estimate of drug-likeness (QED) is 0.816. The molecule has 16 heavy (non-hydrogen) atoms. The third-order valence-electron chi connectivity index (χ3n) is 4.54. The van der Waals surface area contributed by atoms with Crippen molar-refractivity contribution in [2.24, 2.45) is 11.8 Å². The topological polar surface area (TPSA) is 12.0 Å². The van der Waals surface area contributed by atoms with Gasteiger partial charge in [-0.25, -0.2) is 0 Å². The van der Waals surface area contributed by atoms with Gasteiger partial charge in [0.1, 0.15) is 0 Å². The van der Waals surface area contributed by atoms with E-state index in [9.17, 15) is 0 Å². The monoisotopic (exact) mass is 215 g/mol. The lowest BCUT2D eigenvalue weighted by atomic mass is 9.80. The molecule has 0 radical (unpaired) electrons. The summed E-state index contributed by atoms with van der Waals surface area (Å²) in [6.07, 6.45) is 4.36. The van der Waals surface area contributed by atoms with Gasteiger partial charge in [-0.15, -0.1) is 0 Å². The maximum absolute atomic E-state index is 3.72. The van der Waals surface area contributed by atoms with Crippen molar-refractivity contribution in [2.75, 3.05) is 6.54 Å². The van der Waals surface area contributed by atoms with Crippen molar-refractivity contribution in [3.8, 4) is 0 Å². The van der Waals surface area contributed by atoms with Crippen LogP contribution >= 0.6 is 0 Å². The first-order valence-electron chi connectivity index (χ1n) is 6.68. The van der Waals surface area contributed by atoms with E-state index in [-0.39, 0.29) is 0 Å². The zero-order valence-corrected chi connectivity index (χ0v) is 10.0. The molecule has 2 aliphatic carbocycles. The molecule has 0 heterocycles. The van der Waals surface area contributed by atoms with Crippen LogP contribution in [0.3, 0.4) is 0 Å². The molecule has 4 atom stereocenters. The highest BCUT2D eigenvalue weighted by Gasteiger charge is 2.47. The predicted molar refractivity (Wildman–Crippen MR) is 67.5 cm³/mol. The van der Waals surface area contributed by atoms with Crippen LogP contribution in [0.5, 0.6) is 0 Å². The molecular weight excluding hydrogens is 194 g/mol. The minimum absolute atomic E-state index is 0.742. The highest BCUT2D eigenvalue weighted by atomic mass is 14.9. The number of fused-ring (bicyclic) bond motifs is 2. The summed E-state index contributed by atoms with van der Waals surface area (Å²) in [4.78, 5) is 0. The van der Waals surface area contributed by atoms with E-state index in [0.29, 0.717) is 0 Å². The SMILES string of the molecule is CCN[C@H]1[C@H]2CC[C@H](C2)[C@H]1c1ccccc1. The van der Waals surface area contributed by atoms with E-state index in [1.54, 1.807) is 5.56 Å². The molecule has 2 bridgehead atoms. The van der Waals surface area contributed by atoms with Crippen molar-refractivity contribution in [3.63, 3.8) is 0 Å². The van der Waals surface area contributed by atoms with Crippen LogP contribution in [-0.2, 0) is 0 Å². The third kappa shape index (κ3) is 1.58. The summed E-state index contributed by atoms with van der Waals surface area (Å²) in [5.41, 5.74) is 1.56. The minimum atomic E-state index is 0.742. The van der Waals surface area contributed by atoms with Gasteiger partial charge < -0.3 is 5.32 Å². The maximum Gasteiger partial charge on any atom is 0.0167 e. The number of benzene rings is 1. The summed E-state index contributed by atoms with van der Waals surface area (Å²) in [5, 5.41) is 3.72. The molecule has 1 aromatic rings. The molecule has 2 fully saturated rings. The van der Waals surface area contributed by atoms with E-state index in [0.717, 1.165) is 30.3 Å². The van der Waals surface area contributed by atoms with Crippen molar-refractivity contribution in [3.05, 3.63) is 35.9 Å². The standard InChI is InChI=1S/C15H21N/c1-2-16-15-13-9-8-12(10-13)14(15)11-6-4-3-5-7-11/h3-7,12-16H,2,8-10H2,1H3/t12-,13+,14-,15+/m1/s1. The summed E-state index contributed by atoms with van der Waals surface area (Å²) >= 11 is 0. The Morgan fingerprint density at radius 3 is 2.62 bits per heavy atom. The van der Waals surface area contributed by atoms with Crippen molar-refractivity contribution >= 4 is 0 Å². The Morgan fingerprint density at radius 2 is 1.88 bits per heavy atom. The predicted octanol–water partition coefficient (Wildman–Crippen LogP) is 3.18. The molecule has 0 aromatic heterocycles. The van der Waals surface area contributed by atoms with Gasteiger partial charge in [0.2, 0.25) is 0 Å². The van der Waals surface area contributed by atoms with Crippen LogP contribution in [0.25, 0.3) is 0 Å². The van der Waals surface area contributed by atoms with Gasteiger partial charge in [0, 0.05) is 12.0 Å². The highest BCUT2D eigenvalue weighted by molar-refractivity contribution is 5.26. The van der Waals surface area contributed by atoms with Crippen molar-refractivity contribution in [1.29, 1.82) is 0 Å². The molecule has 1 heteroatoms. The first kappa shape index (κ1) is 10.3. The van der Waals surface area contributed by atoms with Crippen LogP contribution in [0.1, 0.15) is 37.7 Å². The van der Waals surface area contributed by atoms with Crippen molar-refractivity contribution in [2.45, 2.75) is 38.1 Å². The molecule has 3 rings (SSSR count). The van der Waals surface area contributed by atoms with Gasteiger partial charge in [-0.05, 0) is 43.2 Å². The molecule has 0 amide bonds. The second kappa shape index (κ2) is 4.21. The van der Waals surface area contributed by atoms with E-state index in [1.165, 1.54) is 19.3 Å². The Balaban J connectivity index is 1.88. The number of likely N-dealkylation sites (N-methyl/N-ethyl adjacent to an activating group) is 1. The molecule has 1 N–H and O–H groups in total. The van der Waals surface area contributed by atoms with Crippen LogP contribution in [0, 0.1) is 11.8 Å². The van der Waals surface area contributed by atoms with Gasteiger partial charge in [0.05, 0.1) is 0 Å². The molecule has 1 nitrogen and oxygen atoms in total. The largest absolute Gasteiger partial charge is 0.313 e. The molecule has 0 saturated heterocycles. The van der Waals surface area contributed by atoms with Gasteiger partial charge in [-0.2, -0.15) is 0 Å². The average Bonchev–Trinajstić information content (AvgIpc) is 2.91. The van der Waals surface area contributed by atoms with Gasteiger partial charge in [-0.3, -0.25) is 0 Å². The summed E-state index contributed by atoms with van der Waals surface area (Å²) in [6, 6.07) is 11.9. The molecule has 2 saturated carbocycles. The number of hydrogen-bond donors (Lipinski definition) is 1. The van der Waals surface area contributed by atoms with Crippen LogP contribution in [0.2, 0.25) is 0 Å². The molecule has 0 spiro atoms. The number of rotatable bonds is 3. The smallest absolute Gasteiger partial charge is 0.0167 e. The molecule has 0 unspecified atom stereocenters. The minimum Gasteiger partial charge on any atom is -0.313 e. The van der Waals surface area contributed by atoms with Crippen molar-refractivity contribution in [1.82, 2.24) is 5.32 Å². The lowest BCUT2D eigenvalue weighted by Gasteiger charge is -2.32. The Kier molecular flexibility index (Phi) is 2.72. The second-order valence-corrected chi connectivity index (χ2v) is 5.35. The van der Waals surface area contributed by atoms with Gasteiger partial charge in [-0.1, -0.05) is 37.3 Å². The fraction of sp³-hybridized carbons (Fsp3) is 0.600. The Bertz CT molecular complexity index is 346. The molecular formula is C15H21N. The normalized spacial score (nSPS) is 36.8. The average molecular weight is 215 g/mol. The van der Waals surface area contributed by atoms with E-state index < -0.39 is 0 Å². The lowest BCUT2D eigenvalue weighted by Crippen LogP contribution is -2.39.